The lowest BCUT2D eigenvalue weighted by molar-refractivity contribution is -0.130. The van der Waals surface area contributed by atoms with E-state index in [2.05, 4.69) is 6.92 Å². The quantitative estimate of drug-likeness (QED) is 0.529. The van der Waals surface area contributed by atoms with Gasteiger partial charge in [0.05, 0.1) is 0 Å². The van der Waals surface area contributed by atoms with Crippen LogP contribution in [-0.2, 0) is 9.59 Å². The van der Waals surface area contributed by atoms with Gasteiger partial charge in [-0.05, 0) is 19.3 Å². The number of nitrogens with zero attached hydrogens (tertiary/aromatic N) is 1. The van der Waals surface area contributed by atoms with E-state index >= 15 is 0 Å². The summed E-state index contributed by atoms with van der Waals surface area (Å²) in [6, 6.07) is 0. The molecule has 3 nitrogen and oxygen atoms in total. The molecule has 0 spiro atoms. The molecular formula is C15H29NO2. The van der Waals surface area contributed by atoms with Gasteiger partial charge in [-0.25, -0.2) is 0 Å². The molecule has 0 aliphatic carbocycles. The van der Waals surface area contributed by atoms with Crippen molar-refractivity contribution >= 4 is 11.7 Å². The number of unbranched alkanes of at least 4 members (excludes halogenated alkanes) is 4. The van der Waals surface area contributed by atoms with Crippen LogP contribution in [0.15, 0.2) is 0 Å². The summed E-state index contributed by atoms with van der Waals surface area (Å²) in [4.78, 5) is 24.7. The molecule has 0 rings (SSSR count). The van der Waals surface area contributed by atoms with Crippen molar-refractivity contribution in [2.24, 2.45) is 0 Å². The standard InChI is InChI=1S/C15H29NO2/c1-4-6-10-13-16(3)15(18)12-9-7-8-11-14(17)5-2/h4-13H2,1-3H3. The summed E-state index contributed by atoms with van der Waals surface area (Å²) >= 11 is 0. The highest BCUT2D eigenvalue weighted by atomic mass is 16.2. The fourth-order valence-corrected chi connectivity index (χ4v) is 1.87. The largest absolute Gasteiger partial charge is 0.346 e. The Labute approximate surface area is 112 Å². The Kier molecular flexibility index (Phi) is 10.7. The fourth-order valence-electron chi connectivity index (χ4n) is 1.87. The van der Waals surface area contributed by atoms with E-state index in [9.17, 15) is 9.59 Å². The zero-order valence-electron chi connectivity index (χ0n) is 12.3. The molecule has 0 aromatic rings. The Morgan fingerprint density at radius 2 is 1.56 bits per heavy atom. The van der Waals surface area contributed by atoms with Crippen LogP contribution in [0.5, 0.6) is 0 Å². The number of hydrogen-bond donors (Lipinski definition) is 0. The first-order valence-corrected chi connectivity index (χ1v) is 7.37. The van der Waals surface area contributed by atoms with E-state index in [-0.39, 0.29) is 5.91 Å². The third-order valence-corrected chi connectivity index (χ3v) is 3.26. The van der Waals surface area contributed by atoms with Gasteiger partial charge in [-0.1, -0.05) is 33.1 Å². The molecule has 3 heteroatoms. The Morgan fingerprint density at radius 1 is 0.889 bits per heavy atom. The van der Waals surface area contributed by atoms with Crippen LogP contribution in [0.4, 0.5) is 0 Å². The predicted octanol–water partition coefficient (Wildman–Crippen LogP) is 3.56. The molecule has 0 unspecified atom stereocenters. The predicted molar refractivity (Wildman–Crippen MR) is 75.5 cm³/mol. The van der Waals surface area contributed by atoms with E-state index in [1.807, 2.05) is 18.9 Å². The average molecular weight is 255 g/mol. The lowest BCUT2D eigenvalue weighted by Gasteiger charge is -2.16. The summed E-state index contributed by atoms with van der Waals surface area (Å²) in [6.07, 6.45) is 8.25. The molecule has 1 amide bonds. The number of carbonyl (C=O) groups is 2. The Bertz CT molecular complexity index is 239. The van der Waals surface area contributed by atoms with Crippen molar-refractivity contribution in [2.45, 2.75) is 71.6 Å². The van der Waals surface area contributed by atoms with Crippen molar-refractivity contribution in [3.8, 4) is 0 Å². The second kappa shape index (κ2) is 11.2. The molecule has 0 radical (unpaired) electrons. The van der Waals surface area contributed by atoms with Gasteiger partial charge in [0.15, 0.2) is 0 Å². The van der Waals surface area contributed by atoms with E-state index in [4.69, 9.17) is 0 Å². The molecule has 18 heavy (non-hydrogen) atoms. The molecule has 0 atom stereocenters. The van der Waals surface area contributed by atoms with Gasteiger partial charge in [0.25, 0.3) is 0 Å². The summed E-state index contributed by atoms with van der Waals surface area (Å²) < 4.78 is 0. The number of amides is 1. The van der Waals surface area contributed by atoms with Crippen LogP contribution in [0.3, 0.4) is 0 Å². The van der Waals surface area contributed by atoms with Gasteiger partial charge in [-0.2, -0.15) is 0 Å². The Balaban J connectivity index is 3.48. The van der Waals surface area contributed by atoms with Crippen LogP contribution >= 0.6 is 0 Å². The van der Waals surface area contributed by atoms with Crippen molar-refractivity contribution in [3.63, 3.8) is 0 Å². The third-order valence-electron chi connectivity index (χ3n) is 3.26. The van der Waals surface area contributed by atoms with Gasteiger partial charge in [0.1, 0.15) is 5.78 Å². The van der Waals surface area contributed by atoms with Gasteiger partial charge in [0, 0.05) is 32.9 Å². The second-order valence-corrected chi connectivity index (χ2v) is 4.98. The number of hydrogen-bond acceptors (Lipinski definition) is 2. The number of Topliss-reactive ketones (excluding diaryl/α,β-unsaturated/α-hetero) is 1. The molecule has 0 aromatic carbocycles. The minimum absolute atomic E-state index is 0.243. The molecule has 0 bridgehead atoms. The van der Waals surface area contributed by atoms with Gasteiger partial charge >= 0.3 is 0 Å². The van der Waals surface area contributed by atoms with E-state index in [1.54, 1.807) is 0 Å². The molecule has 106 valence electrons. The molecule has 0 heterocycles. The van der Waals surface area contributed by atoms with Crippen molar-refractivity contribution in [3.05, 3.63) is 0 Å². The zero-order chi connectivity index (χ0) is 13.8. The first-order valence-electron chi connectivity index (χ1n) is 7.37. The lowest BCUT2D eigenvalue weighted by atomic mass is 10.1. The van der Waals surface area contributed by atoms with Crippen LogP contribution in [0.2, 0.25) is 0 Å². The van der Waals surface area contributed by atoms with Crippen molar-refractivity contribution in [1.82, 2.24) is 4.90 Å². The summed E-state index contributed by atoms with van der Waals surface area (Å²) in [7, 11) is 1.89. The highest BCUT2D eigenvalue weighted by molar-refractivity contribution is 5.78. The van der Waals surface area contributed by atoms with Crippen LogP contribution < -0.4 is 0 Å². The van der Waals surface area contributed by atoms with E-state index in [0.29, 0.717) is 25.0 Å². The maximum Gasteiger partial charge on any atom is 0.222 e. The summed E-state index contributed by atoms with van der Waals surface area (Å²) in [5, 5.41) is 0. The first-order chi connectivity index (χ1) is 8.61. The zero-order valence-corrected chi connectivity index (χ0v) is 12.3. The Hall–Kier alpha value is -0.860. The maximum absolute atomic E-state index is 11.7. The second-order valence-electron chi connectivity index (χ2n) is 4.98. The number of carbonyl (C=O) groups excluding carboxylic acids is 2. The van der Waals surface area contributed by atoms with Crippen LogP contribution in [0.1, 0.15) is 71.6 Å². The SMILES string of the molecule is CCCCCN(C)C(=O)CCCCCC(=O)CC. The molecule has 0 N–H and O–H groups in total. The monoisotopic (exact) mass is 255 g/mol. The van der Waals surface area contributed by atoms with E-state index < -0.39 is 0 Å². The van der Waals surface area contributed by atoms with Crippen LogP contribution in [0, 0.1) is 0 Å². The van der Waals surface area contributed by atoms with Crippen molar-refractivity contribution in [2.75, 3.05) is 13.6 Å². The van der Waals surface area contributed by atoms with Gasteiger partial charge in [-0.15, -0.1) is 0 Å². The first kappa shape index (κ1) is 17.1. The fraction of sp³-hybridized carbons (Fsp3) is 0.867. The van der Waals surface area contributed by atoms with Gasteiger partial charge < -0.3 is 4.90 Å². The number of ketones is 1. The lowest BCUT2D eigenvalue weighted by Crippen LogP contribution is -2.27. The Morgan fingerprint density at radius 3 is 2.17 bits per heavy atom. The van der Waals surface area contributed by atoms with Crippen molar-refractivity contribution in [1.29, 1.82) is 0 Å². The normalized spacial score (nSPS) is 10.4. The minimum Gasteiger partial charge on any atom is -0.346 e. The van der Waals surface area contributed by atoms with Crippen molar-refractivity contribution < 1.29 is 9.59 Å². The summed E-state index contributed by atoms with van der Waals surface area (Å²) in [5.74, 6) is 0.575. The number of rotatable bonds is 11. The van der Waals surface area contributed by atoms with Crippen LogP contribution in [0.25, 0.3) is 0 Å². The smallest absolute Gasteiger partial charge is 0.222 e. The molecular weight excluding hydrogens is 226 g/mol. The van der Waals surface area contributed by atoms with E-state index in [0.717, 1.165) is 32.2 Å². The molecule has 0 aliphatic heterocycles. The highest BCUT2D eigenvalue weighted by Gasteiger charge is 2.07. The minimum atomic E-state index is 0.243. The van der Waals surface area contributed by atoms with E-state index in [1.165, 1.54) is 12.8 Å². The topological polar surface area (TPSA) is 37.4 Å². The summed E-state index contributed by atoms with van der Waals surface area (Å²) in [5.41, 5.74) is 0. The molecule has 0 saturated heterocycles. The highest BCUT2D eigenvalue weighted by Crippen LogP contribution is 2.07. The maximum atomic E-state index is 11.7. The van der Waals surface area contributed by atoms with Crippen LogP contribution in [-0.4, -0.2) is 30.2 Å². The molecule has 0 aliphatic rings. The summed E-state index contributed by atoms with van der Waals surface area (Å²) in [6.45, 7) is 4.94. The molecule has 0 saturated carbocycles. The molecule has 0 fully saturated rings. The van der Waals surface area contributed by atoms with Gasteiger partial charge in [-0.3, -0.25) is 9.59 Å². The molecule has 0 aromatic heterocycles. The van der Waals surface area contributed by atoms with Gasteiger partial charge in [0.2, 0.25) is 5.91 Å². The third kappa shape index (κ3) is 9.20. The average Bonchev–Trinajstić information content (AvgIpc) is 2.37.